The second kappa shape index (κ2) is 6.59. The zero-order chi connectivity index (χ0) is 11.1. The SMILES string of the molecule is CC(N)CCCN(C)Cc1ccccc1. The molecule has 2 N–H and O–H groups in total. The summed E-state index contributed by atoms with van der Waals surface area (Å²) >= 11 is 0. The summed E-state index contributed by atoms with van der Waals surface area (Å²) in [5.74, 6) is 0. The second-order valence-electron chi connectivity index (χ2n) is 4.34. The van der Waals surface area contributed by atoms with Crippen molar-refractivity contribution < 1.29 is 0 Å². The molecule has 0 fully saturated rings. The van der Waals surface area contributed by atoms with Gasteiger partial charge >= 0.3 is 0 Å². The lowest BCUT2D eigenvalue weighted by Crippen LogP contribution is -2.22. The molecule has 1 aromatic rings. The van der Waals surface area contributed by atoms with Crippen LogP contribution in [0.2, 0.25) is 0 Å². The quantitative estimate of drug-likeness (QED) is 0.773. The first-order valence-corrected chi connectivity index (χ1v) is 5.66. The monoisotopic (exact) mass is 206 g/mol. The van der Waals surface area contributed by atoms with Crippen molar-refractivity contribution in [2.45, 2.75) is 32.4 Å². The fraction of sp³-hybridized carbons (Fsp3) is 0.538. The molecule has 0 saturated heterocycles. The summed E-state index contributed by atoms with van der Waals surface area (Å²) in [6, 6.07) is 10.9. The molecule has 0 heterocycles. The number of nitrogens with zero attached hydrogens (tertiary/aromatic N) is 1. The van der Waals surface area contributed by atoms with E-state index >= 15 is 0 Å². The van der Waals surface area contributed by atoms with Crippen LogP contribution in [0.1, 0.15) is 25.3 Å². The van der Waals surface area contributed by atoms with E-state index in [0.29, 0.717) is 6.04 Å². The predicted octanol–water partition coefficient (Wildman–Crippen LogP) is 2.25. The van der Waals surface area contributed by atoms with Gasteiger partial charge in [-0.1, -0.05) is 30.3 Å². The average Bonchev–Trinajstić information content (AvgIpc) is 2.18. The number of benzene rings is 1. The summed E-state index contributed by atoms with van der Waals surface area (Å²) in [5, 5.41) is 0. The Balaban J connectivity index is 2.21. The first-order valence-electron chi connectivity index (χ1n) is 5.66. The van der Waals surface area contributed by atoms with E-state index in [4.69, 9.17) is 5.73 Å². The smallest absolute Gasteiger partial charge is 0.0230 e. The Labute approximate surface area is 93.1 Å². The Bertz CT molecular complexity index is 256. The van der Waals surface area contributed by atoms with Gasteiger partial charge in [-0.05, 0) is 38.9 Å². The number of hydrogen-bond acceptors (Lipinski definition) is 2. The molecule has 2 nitrogen and oxygen atoms in total. The van der Waals surface area contributed by atoms with Crippen molar-refractivity contribution in [3.8, 4) is 0 Å². The van der Waals surface area contributed by atoms with Crippen molar-refractivity contribution in [2.75, 3.05) is 13.6 Å². The summed E-state index contributed by atoms with van der Waals surface area (Å²) in [4.78, 5) is 2.34. The molecule has 0 spiro atoms. The molecule has 0 aromatic heterocycles. The Hall–Kier alpha value is -0.860. The van der Waals surface area contributed by atoms with E-state index in [1.165, 1.54) is 12.0 Å². The van der Waals surface area contributed by atoms with Crippen molar-refractivity contribution in [1.82, 2.24) is 4.90 Å². The molecule has 1 atom stereocenters. The van der Waals surface area contributed by atoms with E-state index in [1.54, 1.807) is 0 Å². The molecule has 1 unspecified atom stereocenters. The molecular weight excluding hydrogens is 184 g/mol. The molecule has 1 rings (SSSR count). The molecule has 2 heteroatoms. The van der Waals surface area contributed by atoms with E-state index < -0.39 is 0 Å². The maximum Gasteiger partial charge on any atom is 0.0230 e. The van der Waals surface area contributed by atoms with E-state index in [-0.39, 0.29) is 0 Å². The Morgan fingerprint density at radius 1 is 1.27 bits per heavy atom. The molecule has 1 aromatic carbocycles. The van der Waals surface area contributed by atoms with Crippen LogP contribution in [-0.2, 0) is 6.54 Å². The first-order chi connectivity index (χ1) is 7.18. The van der Waals surface area contributed by atoms with Gasteiger partial charge in [-0.3, -0.25) is 0 Å². The zero-order valence-corrected chi connectivity index (χ0v) is 9.82. The lowest BCUT2D eigenvalue weighted by Gasteiger charge is -2.17. The van der Waals surface area contributed by atoms with Gasteiger partial charge in [0, 0.05) is 12.6 Å². The van der Waals surface area contributed by atoms with E-state index in [2.05, 4.69) is 49.2 Å². The van der Waals surface area contributed by atoms with Crippen LogP contribution >= 0.6 is 0 Å². The topological polar surface area (TPSA) is 29.3 Å². The van der Waals surface area contributed by atoms with E-state index in [9.17, 15) is 0 Å². The van der Waals surface area contributed by atoms with Crippen LogP contribution in [0.3, 0.4) is 0 Å². The van der Waals surface area contributed by atoms with Gasteiger partial charge in [0.05, 0.1) is 0 Å². The highest BCUT2D eigenvalue weighted by molar-refractivity contribution is 5.14. The summed E-state index contributed by atoms with van der Waals surface area (Å²) in [5.41, 5.74) is 7.09. The molecule has 15 heavy (non-hydrogen) atoms. The molecule has 84 valence electrons. The fourth-order valence-corrected chi connectivity index (χ4v) is 1.66. The van der Waals surface area contributed by atoms with Gasteiger partial charge in [0.15, 0.2) is 0 Å². The molecule has 0 radical (unpaired) electrons. The fourth-order valence-electron chi connectivity index (χ4n) is 1.66. The molecule has 0 aliphatic heterocycles. The third-order valence-corrected chi connectivity index (χ3v) is 2.49. The van der Waals surface area contributed by atoms with Gasteiger partial charge in [0.1, 0.15) is 0 Å². The molecule has 0 saturated carbocycles. The standard InChI is InChI=1S/C13H22N2/c1-12(14)7-6-10-15(2)11-13-8-4-3-5-9-13/h3-5,8-9,12H,6-7,10-11,14H2,1-2H3. The summed E-state index contributed by atoms with van der Waals surface area (Å²) < 4.78 is 0. The van der Waals surface area contributed by atoms with Crippen molar-refractivity contribution >= 4 is 0 Å². The minimum Gasteiger partial charge on any atom is -0.328 e. The normalized spacial score (nSPS) is 13.1. The summed E-state index contributed by atoms with van der Waals surface area (Å²) in [6.45, 7) is 4.22. The van der Waals surface area contributed by atoms with Gasteiger partial charge in [-0.2, -0.15) is 0 Å². The Kier molecular flexibility index (Phi) is 5.37. The third kappa shape index (κ3) is 5.55. The van der Waals surface area contributed by atoms with Crippen molar-refractivity contribution in [1.29, 1.82) is 0 Å². The van der Waals surface area contributed by atoms with Crippen LogP contribution in [-0.4, -0.2) is 24.5 Å². The van der Waals surface area contributed by atoms with Gasteiger partial charge in [-0.15, -0.1) is 0 Å². The molecule has 0 bridgehead atoms. The van der Waals surface area contributed by atoms with Gasteiger partial charge in [0.2, 0.25) is 0 Å². The lowest BCUT2D eigenvalue weighted by atomic mass is 10.2. The molecule has 0 aliphatic rings. The van der Waals surface area contributed by atoms with Crippen LogP contribution in [0.5, 0.6) is 0 Å². The Morgan fingerprint density at radius 3 is 2.53 bits per heavy atom. The zero-order valence-electron chi connectivity index (χ0n) is 9.82. The molecular formula is C13H22N2. The maximum absolute atomic E-state index is 5.71. The van der Waals surface area contributed by atoms with Gasteiger partial charge in [-0.25, -0.2) is 0 Å². The minimum atomic E-state index is 0.329. The predicted molar refractivity (Wildman–Crippen MR) is 65.7 cm³/mol. The second-order valence-corrected chi connectivity index (χ2v) is 4.34. The number of hydrogen-bond donors (Lipinski definition) is 1. The lowest BCUT2D eigenvalue weighted by molar-refractivity contribution is 0.315. The summed E-state index contributed by atoms with van der Waals surface area (Å²) in [6.07, 6.45) is 2.29. The highest BCUT2D eigenvalue weighted by Gasteiger charge is 2.00. The van der Waals surface area contributed by atoms with E-state index in [0.717, 1.165) is 19.5 Å². The number of nitrogens with two attached hydrogens (primary N) is 1. The third-order valence-electron chi connectivity index (χ3n) is 2.49. The molecule has 0 amide bonds. The molecule has 0 aliphatic carbocycles. The summed E-state index contributed by atoms with van der Waals surface area (Å²) in [7, 11) is 2.16. The van der Waals surface area contributed by atoms with E-state index in [1.807, 2.05) is 0 Å². The first kappa shape index (κ1) is 12.2. The largest absolute Gasteiger partial charge is 0.328 e. The van der Waals surface area contributed by atoms with Crippen molar-refractivity contribution in [3.05, 3.63) is 35.9 Å². The van der Waals surface area contributed by atoms with Gasteiger partial charge < -0.3 is 10.6 Å². The van der Waals surface area contributed by atoms with Crippen LogP contribution in [0, 0.1) is 0 Å². The van der Waals surface area contributed by atoms with Crippen LogP contribution in [0.15, 0.2) is 30.3 Å². The van der Waals surface area contributed by atoms with Gasteiger partial charge in [0.25, 0.3) is 0 Å². The van der Waals surface area contributed by atoms with Crippen LogP contribution < -0.4 is 5.73 Å². The highest BCUT2D eigenvalue weighted by Crippen LogP contribution is 2.04. The number of rotatable bonds is 6. The van der Waals surface area contributed by atoms with Crippen molar-refractivity contribution in [2.24, 2.45) is 5.73 Å². The minimum absolute atomic E-state index is 0.329. The highest BCUT2D eigenvalue weighted by atomic mass is 15.1. The average molecular weight is 206 g/mol. The van der Waals surface area contributed by atoms with Crippen LogP contribution in [0.4, 0.5) is 0 Å². The van der Waals surface area contributed by atoms with Crippen molar-refractivity contribution in [3.63, 3.8) is 0 Å². The van der Waals surface area contributed by atoms with Crippen LogP contribution in [0.25, 0.3) is 0 Å². The Morgan fingerprint density at radius 2 is 1.93 bits per heavy atom. The maximum atomic E-state index is 5.71.